The average molecular weight is 257 g/mol. The molecule has 0 amide bonds. The van der Waals surface area contributed by atoms with Crippen molar-refractivity contribution in [3.63, 3.8) is 0 Å². The smallest absolute Gasteiger partial charge is 0.185 e. The lowest BCUT2D eigenvalue weighted by Crippen LogP contribution is -2.50. The first-order valence-corrected chi connectivity index (χ1v) is 7.31. The monoisotopic (exact) mass is 257 g/mol. The third-order valence-electron chi connectivity index (χ3n) is 3.43. The summed E-state index contributed by atoms with van der Waals surface area (Å²) in [5, 5.41) is 6.46. The summed E-state index contributed by atoms with van der Waals surface area (Å²) in [6, 6.07) is 0. The summed E-state index contributed by atoms with van der Waals surface area (Å²) in [7, 11) is 0. The summed E-state index contributed by atoms with van der Waals surface area (Å²) < 4.78 is 0. The molecule has 3 nitrogen and oxygen atoms in total. The summed E-state index contributed by atoms with van der Waals surface area (Å²) in [5.41, 5.74) is 3.58. The number of thiocarbonyl (C=S) groups is 1. The molecule has 2 N–H and O–H groups in total. The van der Waals surface area contributed by atoms with Crippen molar-refractivity contribution in [3.8, 4) is 0 Å². The lowest BCUT2D eigenvalue weighted by Gasteiger charge is -2.29. The molecule has 0 aliphatic carbocycles. The van der Waals surface area contributed by atoms with E-state index in [0.717, 1.165) is 24.5 Å². The lowest BCUT2D eigenvalue weighted by molar-refractivity contribution is 0.189. The molecule has 1 fully saturated rings. The van der Waals surface area contributed by atoms with E-state index in [1.807, 2.05) is 0 Å². The highest BCUT2D eigenvalue weighted by atomic mass is 32.1. The molecule has 0 aromatic carbocycles. The molecule has 100 valence electrons. The molecule has 1 heterocycles. The van der Waals surface area contributed by atoms with Crippen molar-refractivity contribution in [2.45, 2.75) is 65.5 Å². The molecule has 0 aromatic heterocycles. The van der Waals surface area contributed by atoms with Crippen LogP contribution < -0.4 is 10.7 Å². The normalized spacial score (nSPS) is 24.5. The zero-order chi connectivity index (χ0) is 12.9. The van der Waals surface area contributed by atoms with Gasteiger partial charge >= 0.3 is 0 Å². The summed E-state index contributed by atoms with van der Waals surface area (Å²) in [6.45, 7) is 9.93. The minimum absolute atomic E-state index is 0.00404. The van der Waals surface area contributed by atoms with Crippen molar-refractivity contribution >= 4 is 17.3 Å². The van der Waals surface area contributed by atoms with Crippen molar-refractivity contribution in [3.05, 3.63) is 0 Å². The predicted octanol–water partition coefficient (Wildman–Crippen LogP) is 3.02. The Bertz CT molecular complexity index is 255. The van der Waals surface area contributed by atoms with Crippen LogP contribution in [0.15, 0.2) is 0 Å². The fourth-order valence-corrected chi connectivity index (χ4v) is 2.43. The summed E-state index contributed by atoms with van der Waals surface area (Å²) in [5.74, 6) is 0.715. The molecular weight excluding hydrogens is 230 g/mol. The van der Waals surface area contributed by atoms with Crippen LogP contribution in [0, 0.1) is 5.92 Å². The Kier molecular flexibility index (Phi) is 5.67. The average Bonchev–Trinajstić information content (AvgIpc) is 2.61. The summed E-state index contributed by atoms with van der Waals surface area (Å²) in [4.78, 5) is 0. The lowest BCUT2D eigenvalue weighted by atomic mass is 10.0. The van der Waals surface area contributed by atoms with Crippen molar-refractivity contribution in [1.82, 2.24) is 15.8 Å². The highest BCUT2D eigenvalue weighted by molar-refractivity contribution is 7.80. The second kappa shape index (κ2) is 6.55. The maximum absolute atomic E-state index is 5.41. The van der Waals surface area contributed by atoms with E-state index in [2.05, 4.69) is 43.4 Å². The van der Waals surface area contributed by atoms with E-state index in [9.17, 15) is 0 Å². The Morgan fingerprint density at radius 2 is 2.06 bits per heavy atom. The number of hydrogen-bond acceptors (Lipinski definition) is 2. The van der Waals surface area contributed by atoms with E-state index in [0.29, 0.717) is 5.92 Å². The Morgan fingerprint density at radius 3 is 2.59 bits per heavy atom. The second-order valence-electron chi connectivity index (χ2n) is 5.42. The maximum atomic E-state index is 5.41. The van der Waals surface area contributed by atoms with E-state index >= 15 is 0 Å². The first-order valence-electron chi connectivity index (χ1n) is 6.90. The standard InChI is InChI=1S/C13H27N3S/c1-5-7-9-13(6-2)14-12(17)16(15-13)10-8-11(3)4/h11,15H,5-10H2,1-4H3,(H,14,17)/t13-/m1/s1. The van der Waals surface area contributed by atoms with Gasteiger partial charge in [0.25, 0.3) is 0 Å². The molecule has 0 spiro atoms. The highest BCUT2D eigenvalue weighted by Gasteiger charge is 2.37. The van der Waals surface area contributed by atoms with Crippen LogP contribution in [0.2, 0.25) is 0 Å². The molecule has 0 bridgehead atoms. The minimum Gasteiger partial charge on any atom is -0.342 e. The fraction of sp³-hybridized carbons (Fsp3) is 0.923. The van der Waals surface area contributed by atoms with Gasteiger partial charge in [-0.15, -0.1) is 0 Å². The largest absolute Gasteiger partial charge is 0.342 e. The third kappa shape index (κ3) is 4.11. The molecule has 1 aliphatic rings. The van der Waals surface area contributed by atoms with E-state index in [4.69, 9.17) is 12.2 Å². The first-order chi connectivity index (χ1) is 8.03. The van der Waals surface area contributed by atoms with Gasteiger partial charge in [0.05, 0.1) is 0 Å². The van der Waals surface area contributed by atoms with Gasteiger partial charge in [-0.1, -0.05) is 34.1 Å². The Balaban J connectivity index is 2.52. The van der Waals surface area contributed by atoms with Crippen molar-refractivity contribution in [2.75, 3.05) is 6.54 Å². The number of hydrogen-bond donors (Lipinski definition) is 2. The van der Waals surface area contributed by atoms with E-state index in [-0.39, 0.29) is 5.66 Å². The van der Waals surface area contributed by atoms with Crippen LogP contribution in [-0.4, -0.2) is 22.3 Å². The van der Waals surface area contributed by atoms with E-state index < -0.39 is 0 Å². The van der Waals surface area contributed by atoms with Gasteiger partial charge in [0, 0.05) is 6.54 Å². The van der Waals surface area contributed by atoms with Crippen LogP contribution in [0.25, 0.3) is 0 Å². The molecule has 0 aromatic rings. The Hall–Kier alpha value is -0.350. The van der Waals surface area contributed by atoms with E-state index in [1.165, 1.54) is 19.3 Å². The van der Waals surface area contributed by atoms with Gasteiger partial charge in [-0.05, 0) is 43.8 Å². The van der Waals surface area contributed by atoms with Crippen LogP contribution in [-0.2, 0) is 0 Å². The van der Waals surface area contributed by atoms with Gasteiger partial charge in [0.15, 0.2) is 5.11 Å². The Labute approximate surface area is 111 Å². The maximum Gasteiger partial charge on any atom is 0.185 e. The molecule has 1 saturated heterocycles. The highest BCUT2D eigenvalue weighted by Crippen LogP contribution is 2.21. The number of unbranched alkanes of at least 4 members (excludes halogenated alkanes) is 1. The molecule has 17 heavy (non-hydrogen) atoms. The molecule has 0 unspecified atom stereocenters. The van der Waals surface area contributed by atoms with Crippen LogP contribution in [0.5, 0.6) is 0 Å². The van der Waals surface area contributed by atoms with Gasteiger partial charge in [0.1, 0.15) is 5.66 Å². The van der Waals surface area contributed by atoms with Gasteiger partial charge in [-0.2, -0.15) is 0 Å². The third-order valence-corrected chi connectivity index (χ3v) is 3.75. The molecule has 1 aliphatic heterocycles. The number of nitrogens with one attached hydrogen (secondary N) is 2. The molecule has 0 saturated carbocycles. The zero-order valence-corrected chi connectivity index (χ0v) is 12.5. The van der Waals surface area contributed by atoms with E-state index in [1.54, 1.807) is 0 Å². The molecule has 4 heteroatoms. The molecule has 1 atom stereocenters. The topological polar surface area (TPSA) is 27.3 Å². The Morgan fingerprint density at radius 1 is 1.35 bits per heavy atom. The van der Waals surface area contributed by atoms with Crippen LogP contribution in [0.4, 0.5) is 0 Å². The SMILES string of the molecule is CCCC[C@]1(CC)NC(=S)N(CCC(C)C)N1. The zero-order valence-electron chi connectivity index (χ0n) is 11.7. The second-order valence-corrected chi connectivity index (χ2v) is 5.80. The molecule has 0 radical (unpaired) electrons. The van der Waals surface area contributed by atoms with Crippen LogP contribution >= 0.6 is 12.2 Å². The number of nitrogens with zero attached hydrogens (tertiary/aromatic N) is 1. The van der Waals surface area contributed by atoms with Gasteiger partial charge in [-0.25, -0.2) is 5.43 Å². The number of rotatable bonds is 7. The first kappa shape index (κ1) is 14.7. The van der Waals surface area contributed by atoms with Crippen molar-refractivity contribution in [2.24, 2.45) is 5.92 Å². The number of hydrazine groups is 1. The van der Waals surface area contributed by atoms with Crippen molar-refractivity contribution in [1.29, 1.82) is 0 Å². The van der Waals surface area contributed by atoms with Crippen molar-refractivity contribution < 1.29 is 0 Å². The fourth-order valence-electron chi connectivity index (χ4n) is 2.10. The molecule has 1 rings (SSSR count). The van der Waals surface area contributed by atoms with Gasteiger partial charge < -0.3 is 5.32 Å². The predicted molar refractivity (Wildman–Crippen MR) is 77.6 cm³/mol. The van der Waals surface area contributed by atoms with Gasteiger partial charge in [0.2, 0.25) is 0 Å². The summed E-state index contributed by atoms with van der Waals surface area (Å²) >= 11 is 5.41. The quantitative estimate of drug-likeness (QED) is 0.686. The minimum atomic E-state index is 0.00404. The van der Waals surface area contributed by atoms with Crippen LogP contribution in [0.1, 0.15) is 59.8 Å². The summed E-state index contributed by atoms with van der Waals surface area (Å²) in [6.07, 6.45) is 5.82. The van der Waals surface area contributed by atoms with Gasteiger partial charge in [-0.3, -0.25) is 5.01 Å². The van der Waals surface area contributed by atoms with Crippen LogP contribution in [0.3, 0.4) is 0 Å². The molecular formula is C13H27N3S.